The fraction of sp³-hybridized carbons (Fsp3) is 0.500. The SMILES string of the molecule is CCC1CCC(N(C(=O)c2cnc(C)cn2)C(C)c2ccc(F)cc2)CC1. The standard InChI is InChI=1S/C22H28FN3O/c1-4-17-5-11-20(12-6-17)26(16(3)18-7-9-19(23)10-8-18)22(27)21-14-24-15(2)13-25-21/h7-10,13-14,16-17,20H,4-6,11-12H2,1-3H3. The molecule has 4 nitrogen and oxygen atoms in total. The molecule has 0 N–H and O–H groups in total. The van der Waals surface area contributed by atoms with Crippen LogP contribution in [-0.2, 0) is 0 Å². The van der Waals surface area contributed by atoms with Crippen molar-refractivity contribution in [3.63, 3.8) is 0 Å². The summed E-state index contributed by atoms with van der Waals surface area (Å²) >= 11 is 0. The number of aromatic nitrogens is 2. The summed E-state index contributed by atoms with van der Waals surface area (Å²) in [5.41, 5.74) is 2.09. The number of nitrogens with zero attached hydrogens (tertiary/aromatic N) is 3. The van der Waals surface area contributed by atoms with Gasteiger partial charge in [-0.25, -0.2) is 9.37 Å². The molecule has 1 atom stereocenters. The van der Waals surface area contributed by atoms with Crippen molar-refractivity contribution < 1.29 is 9.18 Å². The summed E-state index contributed by atoms with van der Waals surface area (Å²) in [6.45, 7) is 6.10. The summed E-state index contributed by atoms with van der Waals surface area (Å²) in [5.74, 6) is 0.384. The van der Waals surface area contributed by atoms with Crippen LogP contribution >= 0.6 is 0 Å². The van der Waals surface area contributed by atoms with E-state index in [1.165, 1.54) is 18.6 Å². The second kappa shape index (κ2) is 8.59. The van der Waals surface area contributed by atoms with Gasteiger partial charge >= 0.3 is 0 Å². The van der Waals surface area contributed by atoms with Crippen LogP contribution < -0.4 is 0 Å². The molecule has 1 saturated carbocycles. The fourth-order valence-corrected chi connectivity index (χ4v) is 4.03. The van der Waals surface area contributed by atoms with Crippen molar-refractivity contribution in [2.45, 2.75) is 65.0 Å². The number of halogens is 1. The van der Waals surface area contributed by atoms with Crippen LogP contribution in [0.1, 0.15) is 73.7 Å². The van der Waals surface area contributed by atoms with Crippen LogP contribution in [0.2, 0.25) is 0 Å². The topological polar surface area (TPSA) is 46.1 Å². The first-order valence-electron chi connectivity index (χ1n) is 9.86. The Hall–Kier alpha value is -2.30. The fourth-order valence-electron chi connectivity index (χ4n) is 4.03. The largest absolute Gasteiger partial charge is 0.328 e. The third kappa shape index (κ3) is 4.52. The van der Waals surface area contributed by atoms with Crippen molar-refractivity contribution in [3.05, 3.63) is 59.4 Å². The van der Waals surface area contributed by atoms with Gasteiger partial charge in [-0.3, -0.25) is 9.78 Å². The van der Waals surface area contributed by atoms with Crippen LogP contribution in [0.25, 0.3) is 0 Å². The predicted octanol–water partition coefficient (Wildman–Crippen LogP) is 5.10. The number of carbonyl (C=O) groups excluding carboxylic acids is 1. The van der Waals surface area contributed by atoms with E-state index in [1.807, 2.05) is 18.7 Å². The molecule has 27 heavy (non-hydrogen) atoms. The lowest BCUT2D eigenvalue weighted by Gasteiger charge is -2.40. The van der Waals surface area contributed by atoms with E-state index < -0.39 is 0 Å². The smallest absolute Gasteiger partial charge is 0.274 e. The highest BCUT2D eigenvalue weighted by Gasteiger charge is 2.33. The zero-order valence-corrected chi connectivity index (χ0v) is 16.4. The van der Waals surface area contributed by atoms with Gasteiger partial charge in [0.2, 0.25) is 0 Å². The number of aryl methyl sites for hydroxylation is 1. The van der Waals surface area contributed by atoms with Crippen LogP contribution in [0.4, 0.5) is 4.39 Å². The predicted molar refractivity (Wildman–Crippen MR) is 104 cm³/mol. The number of hydrogen-bond donors (Lipinski definition) is 0. The molecule has 0 saturated heterocycles. The molecule has 3 rings (SSSR count). The van der Waals surface area contributed by atoms with Crippen molar-refractivity contribution in [2.24, 2.45) is 5.92 Å². The Balaban J connectivity index is 1.89. The van der Waals surface area contributed by atoms with Gasteiger partial charge in [0.1, 0.15) is 11.5 Å². The van der Waals surface area contributed by atoms with Gasteiger partial charge in [-0.2, -0.15) is 0 Å². The molecule has 1 aromatic carbocycles. The summed E-state index contributed by atoms with van der Waals surface area (Å²) in [6.07, 6.45) is 8.64. The van der Waals surface area contributed by atoms with Crippen molar-refractivity contribution >= 4 is 5.91 Å². The summed E-state index contributed by atoms with van der Waals surface area (Å²) < 4.78 is 13.4. The molecule has 0 radical (unpaired) electrons. The zero-order valence-electron chi connectivity index (χ0n) is 16.4. The third-order valence-electron chi connectivity index (χ3n) is 5.79. The molecule has 1 aliphatic carbocycles. The minimum atomic E-state index is -0.267. The Kier molecular flexibility index (Phi) is 6.19. The van der Waals surface area contributed by atoms with Crippen LogP contribution in [-0.4, -0.2) is 26.8 Å². The lowest BCUT2D eigenvalue weighted by atomic mass is 9.83. The zero-order chi connectivity index (χ0) is 19.4. The molecule has 144 valence electrons. The van der Waals surface area contributed by atoms with Crippen LogP contribution in [0.5, 0.6) is 0 Å². The van der Waals surface area contributed by atoms with Gasteiger partial charge < -0.3 is 4.90 Å². The number of hydrogen-bond acceptors (Lipinski definition) is 3. The van der Waals surface area contributed by atoms with E-state index in [4.69, 9.17) is 0 Å². The normalized spacial score (nSPS) is 20.9. The molecule has 1 aliphatic rings. The van der Waals surface area contributed by atoms with Gasteiger partial charge in [0, 0.05) is 12.2 Å². The van der Waals surface area contributed by atoms with E-state index in [1.54, 1.807) is 24.5 Å². The molecule has 1 amide bonds. The molecule has 0 spiro atoms. The van der Waals surface area contributed by atoms with Gasteiger partial charge in [0.25, 0.3) is 5.91 Å². The van der Waals surface area contributed by atoms with Gasteiger partial charge in [-0.1, -0.05) is 25.5 Å². The molecule has 2 aromatic rings. The van der Waals surface area contributed by atoms with E-state index in [0.29, 0.717) is 5.69 Å². The van der Waals surface area contributed by atoms with Gasteiger partial charge in [0.15, 0.2) is 0 Å². The van der Waals surface area contributed by atoms with E-state index in [9.17, 15) is 9.18 Å². The Morgan fingerprint density at radius 2 is 1.81 bits per heavy atom. The Labute approximate surface area is 160 Å². The summed E-state index contributed by atoms with van der Waals surface area (Å²) in [5, 5.41) is 0. The van der Waals surface area contributed by atoms with Crippen LogP contribution in [0.15, 0.2) is 36.7 Å². The van der Waals surface area contributed by atoms with E-state index in [0.717, 1.165) is 42.9 Å². The van der Waals surface area contributed by atoms with Gasteiger partial charge in [-0.05, 0) is 63.1 Å². The second-order valence-electron chi connectivity index (χ2n) is 7.57. The molecule has 1 aromatic heterocycles. The molecule has 5 heteroatoms. The Morgan fingerprint density at radius 3 is 2.37 bits per heavy atom. The minimum absolute atomic E-state index is 0.0979. The third-order valence-corrected chi connectivity index (χ3v) is 5.79. The molecule has 0 bridgehead atoms. The molecule has 1 heterocycles. The van der Waals surface area contributed by atoms with Crippen molar-refractivity contribution in [1.82, 2.24) is 14.9 Å². The first-order valence-corrected chi connectivity index (χ1v) is 9.86. The quantitative estimate of drug-likeness (QED) is 0.737. The molecular weight excluding hydrogens is 341 g/mol. The summed E-state index contributed by atoms with van der Waals surface area (Å²) in [4.78, 5) is 23.8. The van der Waals surface area contributed by atoms with Gasteiger partial charge in [0.05, 0.1) is 17.9 Å². The van der Waals surface area contributed by atoms with Crippen molar-refractivity contribution in [1.29, 1.82) is 0 Å². The van der Waals surface area contributed by atoms with E-state index >= 15 is 0 Å². The number of rotatable bonds is 5. The maximum Gasteiger partial charge on any atom is 0.274 e. The molecular formula is C22H28FN3O. The minimum Gasteiger partial charge on any atom is -0.328 e. The Bertz CT molecular complexity index is 752. The molecule has 1 unspecified atom stereocenters. The maximum absolute atomic E-state index is 13.4. The first-order chi connectivity index (χ1) is 13.0. The van der Waals surface area contributed by atoms with Crippen LogP contribution in [0, 0.1) is 18.7 Å². The van der Waals surface area contributed by atoms with Crippen molar-refractivity contribution in [3.8, 4) is 0 Å². The van der Waals surface area contributed by atoms with E-state index in [-0.39, 0.29) is 23.8 Å². The number of amides is 1. The maximum atomic E-state index is 13.4. The lowest BCUT2D eigenvalue weighted by Crippen LogP contribution is -2.44. The Morgan fingerprint density at radius 1 is 1.15 bits per heavy atom. The molecule has 1 fully saturated rings. The van der Waals surface area contributed by atoms with Crippen LogP contribution in [0.3, 0.4) is 0 Å². The average Bonchev–Trinajstić information content (AvgIpc) is 2.69. The highest BCUT2D eigenvalue weighted by Crippen LogP contribution is 2.34. The average molecular weight is 369 g/mol. The second-order valence-corrected chi connectivity index (χ2v) is 7.57. The summed E-state index contributed by atoms with van der Waals surface area (Å²) in [7, 11) is 0. The van der Waals surface area contributed by atoms with Crippen molar-refractivity contribution in [2.75, 3.05) is 0 Å². The highest BCUT2D eigenvalue weighted by molar-refractivity contribution is 5.92. The number of benzene rings is 1. The van der Waals surface area contributed by atoms with E-state index in [2.05, 4.69) is 16.9 Å². The monoisotopic (exact) mass is 369 g/mol. The lowest BCUT2D eigenvalue weighted by molar-refractivity contribution is 0.0493. The van der Waals surface area contributed by atoms with Gasteiger partial charge in [-0.15, -0.1) is 0 Å². The first kappa shape index (κ1) is 19.5. The highest BCUT2D eigenvalue weighted by atomic mass is 19.1. The molecule has 0 aliphatic heterocycles. The summed E-state index contributed by atoms with van der Waals surface area (Å²) in [6, 6.07) is 6.45. The number of carbonyl (C=O) groups is 1.